The van der Waals surface area contributed by atoms with Gasteiger partial charge in [-0.15, -0.1) is 0 Å². The molecule has 0 bridgehead atoms. The van der Waals surface area contributed by atoms with Crippen molar-refractivity contribution in [1.29, 1.82) is 0 Å². The van der Waals surface area contributed by atoms with E-state index in [4.69, 9.17) is 0 Å². The average molecular weight is 483 g/mol. The monoisotopic (exact) mass is 483 g/mol. The van der Waals surface area contributed by atoms with Gasteiger partial charge in [0.15, 0.2) is 11.5 Å². The van der Waals surface area contributed by atoms with Crippen molar-refractivity contribution in [3.63, 3.8) is 0 Å². The third kappa shape index (κ3) is 3.94. The van der Waals surface area contributed by atoms with Gasteiger partial charge < -0.3 is 10.3 Å². The number of benzene rings is 1. The Kier molecular flexibility index (Phi) is 5.18. The van der Waals surface area contributed by atoms with Crippen LogP contribution in [0.15, 0.2) is 41.6 Å². The van der Waals surface area contributed by atoms with Crippen LogP contribution in [0.1, 0.15) is 42.1 Å². The fourth-order valence-electron chi connectivity index (χ4n) is 4.29. The minimum atomic E-state index is -4.28. The number of nitrogens with one attached hydrogen (secondary N) is 2. The van der Waals surface area contributed by atoms with Crippen molar-refractivity contribution in [1.82, 2.24) is 29.5 Å². The third-order valence-corrected chi connectivity index (χ3v) is 6.18. The number of aryl methyl sites for hydroxylation is 2. The number of nitrogens with zero attached hydrogens (tertiary/aromatic N) is 5. The smallest absolute Gasteiger partial charge is 0.309 e. The number of carbonyl (C=O) groups is 1. The standard InChI is InChI=1S/C23H20F3N7O2/c1-12-5-7-13(8-6-12)22(2)16-18(32-21(22)35)30-17(31-20(16)34)15-10-33-19(27-11-28-33)14(29-15)4-3-9-23(24,25)26/h5-8,10-11H,3-4,9H2,1-2H3,(H2,30,31,32,34,35). The van der Waals surface area contributed by atoms with E-state index in [1.165, 1.54) is 17.0 Å². The summed E-state index contributed by atoms with van der Waals surface area (Å²) in [7, 11) is 0. The Morgan fingerprint density at radius 1 is 1.11 bits per heavy atom. The molecule has 1 amide bonds. The molecule has 5 rings (SSSR count). The van der Waals surface area contributed by atoms with Crippen molar-refractivity contribution in [3.8, 4) is 11.5 Å². The van der Waals surface area contributed by atoms with Gasteiger partial charge in [0.2, 0.25) is 5.91 Å². The van der Waals surface area contributed by atoms with Crippen LogP contribution in [0.4, 0.5) is 19.0 Å². The number of carbonyl (C=O) groups excluding carboxylic acids is 1. The average Bonchev–Trinajstić information content (AvgIpc) is 3.36. The number of rotatable bonds is 5. The predicted octanol–water partition coefficient (Wildman–Crippen LogP) is 3.33. The summed E-state index contributed by atoms with van der Waals surface area (Å²) in [6.45, 7) is 3.58. The van der Waals surface area contributed by atoms with Gasteiger partial charge in [0.05, 0.1) is 17.5 Å². The van der Waals surface area contributed by atoms with Crippen LogP contribution in [0.2, 0.25) is 0 Å². The van der Waals surface area contributed by atoms with Crippen LogP contribution in [-0.2, 0) is 16.6 Å². The molecule has 1 atom stereocenters. The van der Waals surface area contributed by atoms with Crippen molar-refractivity contribution < 1.29 is 18.0 Å². The molecular weight excluding hydrogens is 463 g/mol. The van der Waals surface area contributed by atoms with Crippen LogP contribution in [0.5, 0.6) is 0 Å². The molecule has 4 heterocycles. The largest absolute Gasteiger partial charge is 0.389 e. The van der Waals surface area contributed by atoms with Crippen LogP contribution in [0.3, 0.4) is 0 Å². The normalized spacial score (nSPS) is 17.6. The van der Waals surface area contributed by atoms with Crippen molar-refractivity contribution in [3.05, 3.63) is 69.5 Å². The van der Waals surface area contributed by atoms with E-state index in [0.29, 0.717) is 16.9 Å². The van der Waals surface area contributed by atoms with Crippen LogP contribution in [0.25, 0.3) is 17.2 Å². The van der Waals surface area contributed by atoms with Crippen LogP contribution < -0.4 is 10.9 Å². The number of amides is 1. The lowest BCUT2D eigenvalue weighted by Crippen LogP contribution is -2.36. The fraction of sp³-hybridized carbons (Fsp3) is 0.304. The summed E-state index contributed by atoms with van der Waals surface area (Å²) in [6, 6.07) is 7.31. The van der Waals surface area contributed by atoms with Gasteiger partial charge in [0, 0.05) is 6.42 Å². The van der Waals surface area contributed by atoms with E-state index in [-0.39, 0.29) is 41.6 Å². The molecule has 0 saturated carbocycles. The summed E-state index contributed by atoms with van der Waals surface area (Å²) in [6.07, 6.45) is -2.68. The molecule has 0 aliphatic carbocycles. The first-order valence-corrected chi connectivity index (χ1v) is 10.9. The molecule has 2 N–H and O–H groups in total. The minimum absolute atomic E-state index is 0.00689. The topological polar surface area (TPSA) is 118 Å². The van der Waals surface area contributed by atoms with E-state index < -0.39 is 23.6 Å². The second-order valence-electron chi connectivity index (χ2n) is 8.65. The van der Waals surface area contributed by atoms with Gasteiger partial charge in [-0.25, -0.2) is 19.5 Å². The molecular formula is C23H20F3N7O2. The molecule has 1 unspecified atom stereocenters. The molecule has 12 heteroatoms. The molecule has 1 aromatic carbocycles. The molecule has 1 aliphatic heterocycles. The highest BCUT2D eigenvalue weighted by Gasteiger charge is 2.47. The Balaban J connectivity index is 1.57. The highest BCUT2D eigenvalue weighted by molar-refractivity contribution is 6.07. The Labute approximate surface area is 196 Å². The van der Waals surface area contributed by atoms with E-state index in [9.17, 15) is 22.8 Å². The second kappa shape index (κ2) is 8.00. The lowest BCUT2D eigenvalue weighted by atomic mass is 9.78. The number of hydrogen-bond donors (Lipinski definition) is 2. The summed E-state index contributed by atoms with van der Waals surface area (Å²) in [5, 5.41) is 6.75. The number of hydrogen-bond acceptors (Lipinski definition) is 6. The summed E-state index contributed by atoms with van der Waals surface area (Å²) in [5.41, 5.74) is 0.873. The first-order valence-electron chi connectivity index (χ1n) is 10.9. The molecule has 0 radical (unpaired) electrons. The molecule has 3 aromatic heterocycles. The van der Waals surface area contributed by atoms with Gasteiger partial charge in [0.1, 0.15) is 23.3 Å². The Bertz CT molecular complexity index is 1510. The molecule has 9 nitrogen and oxygen atoms in total. The van der Waals surface area contributed by atoms with Gasteiger partial charge in [-0.2, -0.15) is 18.3 Å². The molecule has 1 aliphatic rings. The molecule has 180 valence electrons. The van der Waals surface area contributed by atoms with Crippen molar-refractivity contribution in [2.24, 2.45) is 0 Å². The fourth-order valence-corrected chi connectivity index (χ4v) is 4.29. The van der Waals surface area contributed by atoms with Gasteiger partial charge in [-0.3, -0.25) is 9.59 Å². The van der Waals surface area contributed by atoms with Gasteiger partial charge in [-0.1, -0.05) is 29.8 Å². The zero-order valence-corrected chi connectivity index (χ0v) is 18.8. The summed E-state index contributed by atoms with van der Waals surface area (Å²) < 4.78 is 39.2. The van der Waals surface area contributed by atoms with E-state index in [2.05, 4.69) is 30.4 Å². The SMILES string of the molecule is Cc1ccc(C2(C)C(=O)Nc3nc(-c4cn5ncnc5c(CCCC(F)(F)F)n4)[nH]c(=O)c32)cc1. The van der Waals surface area contributed by atoms with Gasteiger partial charge >= 0.3 is 6.18 Å². The van der Waals surface area contributed by atoms with Crippen molar-refractivity contribution >= 4 is 17.4 Å². The lowest BCUT2D eigenvalue weighted by molar-refractivity contribution is -0.135. The Morgan fingerprint density at radius 2 is 1.86 bits per heavy atom. The number of alkyl halides is 3. The second-order valence-corrected chi connectivity index (χ2v) is 8.65. The van der Waals surface area contributed by atoms with E-state index >= 15 is 0 Å². The highest BCUT2D eigenvalue weighted by Crippen LogP contribution is 2.40. The van der Waals surface area contributed by atoms with Crippen LogP contribution in [-0.4, -0.2) is 41.6 Å². The zero-order valence-electron chi connectivity index (χ0n) is 18.8. The van der Waals surface area contributed by atoms with Crippen molar-refractivity contribution in [2.45, 2.75) is 44.7 Å². The highest BCUT2D eigenvalue weighted by atomic mass is 19.4. The molecule has 35 heavy (non-hydrogen) atoms. The number of fused-ring (bicyclic) bond motifs is 2. The van der Waals surface area contributed by atoms with E-state index in [1.54, 1.807) is 19.1 Å². The van der Waals surface area contributed by atoms with Gasteiger partial charge in [-0.05, 0) is 32.3 Å². The summed E-state index contributed by atoms with van der Waals surface area (Å²) in [4.78, 5) is 41.8. The lowest BCUT2D eigenvalue weighted by Gasteiger charge is -2.21. The number of aromatic amines is 1. The third-order valence-electron chi connectivity index (χ3n) is 6.18. The Morgan fingerprint density at radius 3 is 2.57 bits per heavy atom. The van der Waals surface area contributed by atoms with Gasteiger partial charge in [0.25, 0.3) is 5.56 Å². The zero-order chi connectivity index (χ0) is 25.0. The first kappa shape index (κ1) is 22.7. The van der Waals surface area contributed by atoms with E-state index in [1.807, 2.05) is 19.1 Å². The predicted molar refractivity (Wildman–Crippen MR) is 120 cm³/mol. The molecule has 0 saturated heterocycles. The first-order chi connectivity index (χ1) is 16.6. The van der Waals surface area contributed by atoms with Crippen LogP contribution in [0, 0.1) is 6.92 Å². The number of H-pyrrole nitrogens is 1. The maximum absolute atomic E-state index is 13.2. The molecule has 4 aromatic rings. The van der Waals surface area contributed by atoms with Crippen molar-refractivity contribution in [2.75, 3.05) is 5.32 Å². The number of anilines is 1. The maximum Gasteiger partial charge on any atom is 0.389 e. The van der Waals surface area contributed by atoms with E-state index in [0.717, 1.165) is 5.56 Å². The molecule has 0 spiro atoms. The quantitative estimate of drug-likeness (QED) is 0.450. The summed E-state index contributed by atoms with van der Waals surface area (Å²) >= 11 is 0. The number of halogens is 3. The minimum Gasteiger partial charge on any atom is -0.309 e. The maximum atomic E-state index is 13.2. The molecule has 0 fully saturated rings. The Hall–Kier alpha value is -4.09. The number of aromatic nitrogens is 6. The van der Waals surface area contributed by atoms with Crippen LogP contribution >= 0.6 is 0 Å². The summed E-state index contributed by atoms with van der Waals surface area (Å²) in [5.74, 6) is -0.230.